The summed E-state index contributed by atoms with van der Waals surface area (Å²) in [7, 11) is 0. The summed E-state index contributed by atoms with van der Waals surface area (Å²) in [6.45, 7) is 7.55. The molecule has 0 aliphatic heterocycles. The zero-order valence-corrected chi connectivity index (χ0v) is 13.0. The lowest BCUT2D eigenvalue weighted by Gasteiger charge is -2.24. The SMILES string of the molecule is CCCC(C)CC(NCC)c1c(Cl)cccc1Cl. The highest BCUT2D eigenvalue weighted by Gasteiger charge is 2.19. The van der Waals surface area contributed by atoms with Gasteiger partial charge in [-0.1, -0.05) is 62.9 Å². The summed E-state index contributed by atoms with van der Waals surface area (Å²) in [5.41, 5.74) is 1.05. The predicted molar refractivity (Wildman–Crippen MR) is 81.6 cm³/mol. The Bertz CT molecular complexity index is 345. The maximum absolute atomic E-state index is 6.30. The fourth-order valence-electron chi connectivity index (χ4n) is 2.41. The quantitative estimate of drug-likeness (QED) is 0.701. The molecule has 0 bridgehead atoms. The highest BCUT2D eigenvalue weighted by molar-refractivity contribution is 6.36. The molecule has 1 N–H and O–H groups in total. The van der Waals surface area contributed by atoms with Crippen molar-refractivity contribution in [2.45, 2.75) is 46.1 Å². The van der Waals surface area contributed by atoms with Gasteiger partial charge in [0, 0.05) is 21.7 Å². The Morgan fingerprint density at radius 1 is 1.17 bits per heavy atom. The van der Waals surface area contributed by atoms with Crippen molar-refractivity contribution < 1.29 is 0 Å². The third kappa shape index (κ3) is 4.46. The van der Waals surface area contributed by atoms with Crippen LogP contribution in [0, 0.1) is 5.92 Å². The summed E-state index contributed by atoms with van der Waals surface area (Å²) in [5, 5.41) is 5.02. The molecule has 0 aliphatic rings. The smallest absolute Gasteiger partial charge is 0.0468 e. The molecule has 2 unspecified atom stereocenters. The van der Waals surface area contributed by atoms with Crippen LogP contribution >= 0.6 is 23.2 Å². The number of rotatable bonds is 7. The lowest BCUT2D eigenvalue weighted by molar-refractivity contribution is 0.395. The van der Waals surface area contributed by atoms with Crippen LogP contribution < -0.4 is 5.32 Å². The molecular formula is C15H23Cl2N. The van der Waals surface area contributed by atoms with E-state index in [9.17, 15) is 0 Å². The van der Waals surface area contributed by atoms with Crippen molar-refractivity contribution in [3.8, 4) is 0 Å². The number of halogens is 2. The van der Waals surface area contributed by atoms with Gasteiger partial charge in [0.15, 0.2) is 0 Å². The summed E-state index contributed by atoms with van der Waals surface area (Å²) < 4.78 is 0. The molecule has 3 heteroatoms. The standard InChI is InChI=1S/C15H23Cl2N/c1-4-7-11(3)10-14(18-5-2)15-12(16)8-6-9-13(15)17/h6,8-9,11,14,18H,4-5,7,10H2,1-3H3. The first-order chi connectivity index (χ1) is 8.60. The molecule has 0 radical (unpaired) electrons. The fourth-order valence-corrected chi connectivity index (χ4v) is 3.07. The van der Waals surface area contributed by atoms with Gasteiger partial charge in [0.2, 0.25) is 0 Å². The van der Waals surface area contributed by atoms with Gasteiger partial charge in [-0.25, -0.2) is 0 Å². The third-order valence-electron chi connectivity index (χ3n) is 3.22. The van der Waals surface area contributed by atoms with E-state index in [0.717, 1.165) is 28.6 Å². The topological polar surface area (TPSA) is 12.0 Å². The van der Waals surface area contributed by atoms with E-state index in [1.807, 2.05) is 18.2 Å². The second-order valence-electron chi connectivity index (χ2n) is 4.88. The van der Waals surface area contributed by atoms with E-state index in [2.05, 4.69) is 26.1 Å². The minimum atomic E-state index is 0.248. The molecular weight excluding hydrogens is 265 g/mol. The van der Waals surface area contributed by atoms with E-state index in [4.69, 9.17) is 23.2 Å². The van der Waals surface area contributed by atoms with Crippen molar-refractivity contribution in [3.63, 3.8) is 0 Å². The Morgan fingerprint density at radius 2 is 1.78 bits per heavy atom. The zero-order chi connectivity index (χ0) is 13.5. The van der Waals surface area contributed by atoms with E-state index in [1.165, 1.54) is 12.8 Å². The second kappa shape index (κ2) is 8.04. The third-order valence-corrected chi connectivity index (χ3v) is 3.88. The van der Waals surface area contributed by atoms with Gasteiger partial charge in [-0.05, 0) is 31.0 Å². The Hall–Kier alpha value is -0.240. The van der Waals surface area contributed by atoms with Crippen LogP contribution in [-0.4, -0.2) is 6.54 Å². The van der Waals surface area contributed by atoms with Gasteiger partial charge >= 0.3 is 0 Å². The maximum Gasteiger partial charge on any atom is 0.0468 e. The first kappa shape index (κ1) is 15.8. The molecule has 0 amide bonds. The largest absolute Gasteiger partial charge is 0.310 e. The molecule has 0 aliphatic carbocycles. The molecule has 18 heavy (non-hydrogen) atoms. The Balaban J connectivity index is 2.90. The molecule has 0 heterocycles. The predicted octanol–water partition coefficient (Wildman–Crippen LogP) is 5.47. The summed E-state index contributed by atoms with van der Waals surface area (Å²) in [6.07, 6.45) is 3.53. The normalized spacial score (nSPS) is 14.5. The van der Waals surface area contributed by atoms with E-state index in [-0.39, 0.29) is 6.04 Å². The second-order valence-corrected chi connectivity index (χ2v) is 5.69. The zero-order valence-electron chi connectivity index (χ0n) is 11.5. The summed E-state index contributed by atoms with van der Waals surface area (Å²) in [6, 6.07) is 5.97. The molecule has 0 spiro atoms. The molecule has 1 nitrogen and oxygen atoms in total. The summed E-state index contributed by atoms with van der Waals surface area (Å²) in [5.74, 6) is 0.673. The summed E-state index contributed by atoms with van der Waals surface area (Å²) in [4.78, 5) is 0. The van der Waals surface area contributed by atoms with E-state index < -0.39 is 0 Å². The van der Waals surface area contributed by atoms with Gasteiger partial charge in [-0.3, -0.25) is 0 Å². The number of hydrogen-bond donors (Lipinski definition) is 1. The van der Waals surface area contributed by atoms with Crippen molar-refractivity contribution in [2.24, 2.45) is 5.92 Å². The first-order valence-corrected chi connectivity index (χ1v) is 7.53. The van der Waals surface area contributed by atoms with Crippen molar-refractivity contribution in [2.75, 3.05) is 6.54 Å². The molecule has 102 valence electrons. The molecule has 1 aromatic carbocycles. The van der Waals surface area contributed by atoms with Gasteiger partial charge in [-0.2, -0.15) is 0 Å². The van der Waals surface area contributed by atoms with Crippen LogP contribution in [0.3, 0.4) is 0 Å². The Morgan fingerprint density at radius 3 is 2.28 bits per heavy atom. The van der Waals surface area contributed by atoms with Crippen molar-refractivity contribution in [1.82, 2.24) is 5.32 Å². The molecule has 1 rings (SSSR count). The van der Waals surface area contributed by atoms with Gasteiger partial charge in [-0.15, -0.1) is 0 Å². The van der Waals surface area contributed by atoms with Crippen LogP contribution in [0.25, 0.3) is 0 Å². The highest BCUT2D eigenvalue weighted by atomic mass is 35.5. The van der Waals surface area contributed by atoms with Gasteiger partial charge in [0.05, 0.1) is 0 Å². The van der Waals surface area contributed by atoms with Crippen LogP contribution in [0.5, 0.6) is 0 Å². The van der Waals surface area contributed by atoms with Crippen LogP contribution in [0.4, 0.5) is 0 Å². The van der Waals surface area contributed by atoms with Crippen molar-refractivity contribution >= 4 is 23.2 Å². The minimum Gasteiger partial charge on any atom is -0.310 e. The maximum atomic E-state index is 6.30. The average Bonchev–Trinajstić information content (AvgIpc) is 2.29. The lowest BCUT2D eigenvalue weighted by atomic mass is 9.93. The van der Waals surface area contributed by atoms with Gasteiger partial charge < -0.3 is 5.32 Å². The number of nitrogens with one attached hydrogen (secondary N) is 1. The van der Waals surface area contributed by atoms with E-state index in [0.29, 0.717) is 5.92 Å². The Kier molecular flexibility index (Phi) is 7.06. The van der Waals surface area contributed by atoms with Crippen LogP contribution in [-0.2, 0) is 0 Å². The van der Waals surface area contributed by atoms with Gasteiger partial charge in [0.25, 0.3) is 0 Å². The fraction of sp³-hybridized carbons (Fsp3) is 0.600. The first-order valence-electron chi connectivity index (χ1n) is 6.77. The van der Waals surface area contributed by atoms with Gasteiger partial charge in [0.1, 0.15) is 0 Å². The van der Waals surface area contributed by atoms with Crippen molar-refractivity contribution in [1.29, 1.82) is 0 Å². The van der Waals surface area contributed by atoms with E-state index in [1.54, 1.807) is 0 Å². The lowest BCUT2D eigenvalue weighted by Crippen LogP contribution is -2.23. The minimum absolute atomic E-state index is 0.248. The summed E-state index contributed by atoms with van der Waals surface area (Å²) >= 11 is 12.6. The molecule has 2 atom stereocenters. The highest BCUT2D eigenvalue weighted by Crippen LogP contribution is 2.34. The number of benzene rings is 1. The average molecular weight is 288 g/mol. The molecule has 0 saturated heterocycles. The van der Waals surface area contributed by atoms with Crippen LogP contribution in [0.15, 0.2) is 18.2 Å². The number of hydrogen-bond acceptors (Lipinski definition) is 1. The van der Waals surface area contributed by atoms with Crippen LogP contribution in [0.1, 0.15) is 51.6 Å². The molecule has 0 fully saturated rings. The molecule has 0 aromatic heterocycles. The van der Waals surface area contributed by atoms with Crippen LogP contribution in [0.2, 0.25) is 10.0 Å². The Labute approximate surface area is 121 Å². The molecule has 1 aromatic rings. The van der Waals surface area contributed by atoms with Crippen molar-refractivity contribution in [3.05, 3.63) is 33.8 Å². The van der Waals surface area contributed by atoms with E-state index >= 15 is 0 Å². The molecule has 0 saturated carbocycles. The monoisotopic (exact) mass is 287 g/mol.